The second-order valence-electron chi connectivity index (χ2n) is 7.09. The Labute approximate surface area is 176 Å². The van der Waals surface area contributed by atoms with Gasteiger partial charge in [-0.1, -0.05) is 12.1 Å². The van der Waals surface area contributed by atoms with E-state index in [1.54, 1.807) is 36.3 Å². The molecule has 0 saturated carbocycles. The Morgan fingerprint density at radius 3 is 1.83 bits per heavy atom. The number of primary amides is 1. The first-order valence-electron chi connectivity index (χ1n) is 9.51. The van der Waals surface area contributed by atoms with Crippen LogP contribution in [0.25, 0.3) is 0 Å². The van der Waals surface area contributed by atoms with Crippen molar-refractivity contribution in [3.8, 4) is 5.75 Å². The molecule has 0 radical (unpaired) electrons. The van der Waals surface area contributed by atoms with Crippen LogP contribution < -0.4 is 20.3 Å². The maximum absolute atomic E-state index is 13.3. The fourth-order valence-corrected chi connectivity index (χ4v) is 3.06. The molecule has 0 saturated heterocycles. The zero-order valence-electron chi connectivity index (χ0n) is 17.3. The summed E-state index contributed by atoms with van der Waals surface area (Å²) in [5, 5.41) is 0. The molecule has 3 aromatic rings. The van der Waals surface area contributed by atoms with Gasteiger partial charge in [0.25, 0.3) is 5.91 Å². The van der Waals surface area contributed by atoms with Crippen LogP contribution >= 0.6 is 0 Å². The highest BCUT2D eigenvalue weighted by Crippen LogP contribution is 2.24. The third-order valence-corrected chi connectivity index (χ3v) is 4.84. The van der Waals surface area contributed by atoms with E-state index < -0.39 is 5.91 Å². The topological polar surface area (TPSA) is 75.9 Å². The number of ether oxygens (including phenoxy) is 1. The third-order valence-electron chi connectivity index (χ3n) is 4.84. The number of carbonyl (C=O) groups is 2. The van der Waals surface area contributed by atoms with Crippen LogP contribution in [0.1, 0.15) is 26.3 Å². The van der Waals surface area contributed by atoms with E-state index in [2.05, 4.69) is 0 Å². The van der Waals surface area contributed by atoms with Gasteiger partial charge in [-0.05, 0) is 66.2 Å². The number of carbonyl (C=O) groups excluding carboxylic acids is 2. The lowest BCUT2D eigenvalue weighted by molar-refractivity contribution is 0.0979. The van der Waals surface area contributed by atoms with Crippen molar-refractivity contribution in [2.24, 2.45) is 5.73 Å². The Balaban J connectivity index is 1.93. The first-order chi connectivity index (χ1) is 14.4. The zero-order chi connectivity index (χ0) is 21.7. The lowest BCUT2D eigenvalue weighted by atomic mass is 10.1. The van der Waals surface area contributed by atoms with Crippen molar-refractivity contribution < 1.29 is 14.3 Å². The average Bonchev–Trinajstić information content (AvgIpc) is 2.77. The molecule has 0 bridgehead atoms. The van der Waals surface area contributed by atoms with Gasteiger partial charge in [0.05, 0.1) is 13.7 Å². The lowest BCUT2D eigenvalue weighted by Gasteiger charge is -2.24. The predicted molar refractivity (Wildman–Crippen MR) is 119 cm³/mol. The van der Waals surface area contributed by atoms with Gasteiger partial charge < -0.3 is 20.3 Å². The normalized spacial score (nSPS) is 10.4. The van der Waals surface area contributed by atoms with E-state index >= 15 is 0 Å². The summed E-state index contributed by atoms with van der Waals surface area (Å²) in [6.07, 6.45) is 0. The van der Waals surface area contributed by atoms with Gasteiger partial charge >= 0.3 is 0 Å². The molecule has 3 aromatic carbocycles. The van der Waals surface area contributed by atoms with Crippen LogP contribution in [0.2, 0.25) is 0 Å². The number of nitrogens with zero attached hydrogens (tertiary/aromatic N) is 2. The second kappa shape index (κ2) is 9.13. The van der Waals surface area contributed by atoms with Crippen molar-refractivity contribution in [2.45, 2.75) is 6.54 Å². The molecule has 0 heterocycles. The summed E-state index contributed by atoms with van der Waals surface area (Å²) in [6.45, 7) is 0.399. The first kappa shape index (κ1) is 20.9. The van der Waals surface area contributed by atoms with Crippen LogP contribution in [0.4, 0.5) is 11.4 Å². The molecule has 0 aliphatic rings. The van der Waals surface area contributed by atoms with E-state index in [1.165, 1.54) is 0 Å². The smallest absolute Gasteiger partial charge is 0.258 e. The molecule has 0 aliphatic carbocycles. The van der Waals surface area contributed by atoms with Crippen molar-refractivity contribution in [1.82, 2.24) is 0 Å². The van der Waals surface area contributed by atoms with Gasteiger partial charge in [-0.15, -0.1) is 0 Å². The molecule has 0 unspecified atom stereocenters. The summed E-state index contributed by atoms with van der Waals surface area (Å²) in [6, 6.07) is 21.8. The van der Waals surface area contributed by atoms with E-state index in [9.17, 15) is 9.59 Å². The number of anilines is 2. The minimum atomic E-state index is -0.526. The Hall–Kier alpha value is -3.80. The van der Waals surface area contributed by atoms with Crippen LogP contribution in [-0.4, -0.2) is 33.0 Å². The van der Waals surface area contributed by atoms with E-state index in [1.807, 2.05) is 67.5 Å². The minimum absolute atomic E-state index is 0.173. The fraction of sp³-hybridized carbons (Fsp3) is 0.167. The van der Waals surface area contributed by atoms with Crippen LogP contribution in [-0.2, 0) is 6.54 Å². The van der Waals surface area contributed by atoms with Crippen molar-refractivity contribution in [1.29, 1.82) is 0 Å². The average molecular weight is 403 g/mol. The van der Waals surface area contributed by atoms with E-state index in [4.69, 9.17) is 10.5 Å². The minimum Gasteiger partial charge on any atom is -0.497 e. The van der Waals surface area contributed by atoms with Crippen LogP contribution in [0.15, 0.2) is 72.8 Å². The maximum Gasteiger partial charge on any atom is 0.258 e. The standard InChI is InChI=1S/C24H25N3O3/c1-26(2)20-10-4-17(5-11-20)16-27(21-12-14-22(30-3)15-13-21)24(29)19-8-6-18(7-9-19)23(25)28/h4-15H,16H2,1-3H3,(H2,25,28). The molecule has 0 aliphatic heterocycles. The highest BCUT2D eigenvalue weighted by Gasteiger charge is 2.19. The van der Waals surface area contributed by atoms with Crippen LogP contribution in [0.3, 0.4) is 0 Å². The number of benzene rings is 3. The van der Waals surface area contributed by atoms with Crippen molar-refractivity contribution in [3.05, 3.63) is 89.5 Å². The molecular weight excluding hydrogens is 378 g/mol. The highest BCUT2D eigenvalue weighted by atomic mass is 16.5. The molecule has 6 nitrogen and oxygen atoms in total. The quantitative estimate of drug-likeness (QED) is 0.653. The lowest BCUT2D eigenvalue weighted by Crippen LogP contribution is -2.30. The molecular formula is C24H25N3O3. The fourth-order valence-electron chi connectivity index (χ4n) is 3.06. The van der Waals surface area contributed by atoms with Gasteiger partial charge in [-0.3, -0.25) is 9.59 Å². The Morgan fingerprint density at radius 2 is 1.33 bits per heavy atom. The molecule has 2 amide bonds. The highest BCUT2D eigenvalue weighted by molar-refractivity contribution is 6.06. The zero-order valence-corrected chi connectivity index (χ0v) is 17.3. The first-order valence-corrected chi connectivity index (χ1v) is 9.51. The summed E-state index contributed by atoms with van der Waals surface area (Å²) in [5.74, 6) is 0.0159. The van der Waals surface area contributed by atoms with Crippen molar-refractivity contribution >= 4 is 23.2 Å². The van der Waals surface area contributed by atoms with Gasteiger partial charge in [0.2, 0.25) is 5.91 Å². The monoisotopic (exact) mass is 403 g/mol. The largest absolute Gasteiger partial charge is 0.497 e. The number of methoxy groups -OCH3 is 1. The summed E-state index contributed by atoms with van der Waals surface area (Å²) < 4.78 is 5.23. The number of amides is 2. The molecule has 6 heteroatoms. The number of hydrogen-bond donors (Lipinski definition) is 1. The number of nitrogens with two attached hydrogens (primary N) is 1. The van der Waals surface area contributed by atoms with Crippen LogP contribution in [0.5, 0.6) is 5.75 Å². The van der Waals surface area contributed by atoms with Crippen LogP contribution in [0, 0.1) is 0 Å². The Kier molecular flexibility index (Phi) is 6.37. The second-order valence-corrected chi connectivity index (χ2v) is 7.09. The SMILES string of the molecule is COc1ccc(N(Cc2ccc(N(C)C)cc2)C(=O)c2ccc(C(N)=O)cc2)cc1. The number of rotatable bonds is 7. The third kappa shape index (κ3) is 4.78. The van der Waals surface area contributed by atoms with Crippen molar-refractivity contribution in [2.75, 3.05) is 31.0 Å². The summed E-state index contributed by atoms with van der Waals surface area (Å²) in [7, 11) is 5.57. The Morgan fingerprint density at radius 1 is 0.800 bits per heavy atom. The number of hydrogen-bond acceptors (Lipinski definition) is 4. The molecule has 2 N–H and O–H groups in total. The van der Waals surface area contributed by atoms with Gasteiger partial charge in [0, 0.05) is 36.6 Å². The maximum atomic E-state index is 13.3. The molecule has 3 rings (SSSR count). The van der Waals surface area contributed by atoms with E-state index in [0.717, 1.165) is 16.9 Å². The molecule has 154 valence electrons. The van der Waals surface area contributed by atoms with Gasteiger partial charge in [-0.2, -0.15) is 0 Å². The molecule has 0 fully saturated rings. The molecule has 30 heavy (non-hydrogen) atoms. The van der Waals surface area contributed by atoms with E-state index in [-0.39, 0.29) is 5.91 Å². The summed E-state index contributed by atoms with van der Waals surface area (Å²) in [4.78, 5) is 28.4. The Bertz CT molecular complexity index is 1010. The predicted octanol–water partition coefficient (Wildman–Crippen LogP) is 3.71. The van der Waals surface area contributed by atoms with Gasteiger partial charge in [0.15, 0.2) is 0 Å². The van der Waals surface area contributed by atoms with Gasteiger partial charge in [-0.25, -0.2) is 0 Å². The van der Waals surface area contributed by atoms with Gasteiger partial charge in [0.1, 0.15) is 5.75 Å². The summed E-state index contributed by atoms with van der Waals surface area (Å²) >= 11 is 0. The molecule has 0 spiro atoms. The molecule has 0 aromatic heterocycles. The van der Waals surface area contributed by atoms with E-state index in [0.29, 0.717) is 23.4 Å². The van der Waals surface area contributed by atoms with Crippen molar-refractivity contribution in [3.63, 3.8) is 0 Å². The molecule has 0 atom stereocenters. The summed E-state index contributed by atoms with van der Waals surface area (Å²) in [5.41, 5.74) is 8.97.